The van der Waals surface area contributed by atoms with Gasteiger partial charge in [0.2, 0.25) is 0 Å². The van der Waals surface area contributed by atoms with Gasteiger partial charge in [-0.15, -0.1) is 11.3 Å². The molecule has 0 aliphatic heterocycles. The second-order valence-electron chi connectivity index (χ2n) is 5.12. The predicted octanol–water partition coefficient (Wildman–Crippen LogP) is 6.51. The molecule has 4 heteroatoms. The third-order valence-electron chi connectivity index (χ3n) is 3.38. The Balaban J connectivity index is 2.22. The Hall–Kier alpha value is -0.100. The van der Waals surface area contributed by atoms with Crippen molar-refractivity contribution in [1.29, 1.82) is 0 Å². The van der Waals surface area contributed by atoms with Gasteiger partial charge in [0.25, 0.3) is 0 Å². The van der Waals surface area contributed by atoms with E-state index < -0.39 is 0 Å². The summed E-state index contributed by atoms with van der Waals surface area (Å²) >= 11 is 10.3. The molecule has 2 rings (SSSR count). The highest BCUT2D eigenvalue weighted by Crippen LogP contribution is 2.36. The minimum Gasteiger partial charge on any atom is -0.309 e. The van der Waals surface area contributed by atoms with Crippen molar-refractivity contribution in [3.8, 4) is 10.4 Å². The van der Waals surface area contributed by atoms with Crippen LogP contribution < -0.4 is 5.32 Å². The Labute approximate surface area is 150 Å². The van der Waals surface area contributed by atoms with E-state index in [2.05, 4.69) is 60.0 Å². The van der Waals surface area contributed by atoms with Gasteiger partial charge >= 0.3 is 0 Å². The van der Waals surface area contributed by atoms with Gasteiger partial charge in [0.15, 0.2) is 0 Å². The van der Waals surface area contributed by atoms with Crippen LogP contribution in [-0.4, -0.2) is 6.54 Å². The quantitative estimate of drug-likeness (QED) is 0.490. The molecule has 0 saturated heterocycles. The Morgan fingerprint density at radius 3 is 2.67 bits per heavy atom. The summed E-state index contributed by atoms with van der Waals surface area (Å²) in [5.74, 6) is 0. The van der Waals surface area contributed by atoms with E-state index in [1.165, 1.54) is 38.2 Å². The van der Waals surface area contributed by atoms with Crippen molar-refractivity contribution in [3.63, 3.8) is 0 Å². The van der Waals surface area contributed by atoms with Gasteiger partial charge in [-0.3, -0.25) is 0 Å². The van der Waals surface area contributed by atoms with Crippen LogP contribution in [0.3, 0.4) is 0 Å². The first-order chi connectivity index (χ1) is 10.2. The minimum absolute atomic E-state index is 0.485. The number of hydrogen-bond donors (Lipinski definition) is 1. The van der Waals surface area contributed by atoms with Crippen LogP contribution in [0.4, 0.5) is 0 Å². The molecular weight excluding hydrogens is 413 g/mol. The van der Waals surface area contributed by atoms with E-state index in [1.54, 1.807) is 0 Å². The average Bonchev–Trinajstić information content (AvgIpc) is 2.93. The zero-order valence-electron chi connectivity index (χ0n) is 12.5. The molecular formula is C17H21ClINS. The highest BCUT2D eigenvalue weighted by molar-refractivity contribution is 14.1. The Morgan fingerprint density at radius 2 is 2.00 bits per heavy atom. The topological polar surface area (TPSA) is 12.0 Å². The number of thiophene rings is 1. The summed E-state index contributed by atoms with van der Waals surface area (Å²) in [5.41, 5.74) is 1.28. The second-order valence-corrected chi connectivity index (χ2v) is 7.84. The van der Waals surface area contributed by atoms with Gasteiger partial charge in [-0.2, -0.15) is 0 Å². The zero-order valence-corrected chi connectivity index (χ0v) is 16.2. The molecule has 0 spiro atoms. The smallest absolute Gasteiger partial charge is 0.0416 e. The van der Waals surface area contributed by atoms with Gasteiger partial charge in [0.05, 0.1) is 0 Å². The number of halogens is 2. The first-order valence-electron chi connectivity index (χ1n) is 7.44. The normalized spacial score (nSPS) is 12.6. The molecule has 1 aromatic heterocycles. The number of rotatable bonds is 7. The van der Waals surface area contributed by atoms with Crippen LogP contribution in [0, 0.1) is 3.57 Å². The lowest BCUT2D eigenvalue weighted by molar-refractivity contribution is 0.501. The molecule has 0 amide bonds. The average molecular weight is 434 g/mol. The monoisotopic (exact) mass is 433 g/mol. The van der Waals surface area contributed by atoms with Gasteiger partial charge in [-0.1, -0.05) is 37.9 Å². The summed E-state index contributed by atoms with van der Waals surface area (Å²) in [7, 11) is 0. The number of nitrogens with one attached hydrogen (secondary N) is 1. The van der Waals surface area contributed by atoms with E-state index in [9.17, 15) is 0 Å². The molecule has 0 aliphatic carbocycles. The number of hydrogen-bond acceptors (Lipinski definition) is 2. The van der Waals surface area contributed by atoms with Gasteiger partial charge in [0.1, 0.15) is 0 Å². The summed E-state index contributed by atoms with van der Waals surface area (Å²) < 4.78 is 1.21. The van der Waals surface area contributed by atoms with Crippen molar-refractivity contribution in [2.24, 2.45) is 0 Å². The van der Waals surface area contributed by atoms with Crippen molar-refractivity contribution in [1.82, 2.24) is 5.32 Å². The van der Waals surface area contributed by atoms with Crippen LogP contribution in [0.5, 0.6) is 0 Å². The van der Waals surface area contributed by atoms with Crippen molar-refractivity contribution >= 4 is 45.5 Å². The van der Waals surface area contributed by atoms with Crippen molar-refractivity contribution in [2.75, 3.05) is 6.54 Å². The zero-order chi connectivity index (χ0) is 15.2. The summed E-state index contributed by atoms with van der Waals surface area (Å²) in [5, 5.41) is 4.46. The lowest BCUT2D eigenvalue weighted by Gasteiger charge is -2.16. The molecule has 0 fully saturated rings. The summed E-state index contributed by atoms with van der Waals surface area (Å²) in [6, 6.07) is 11.1. The fourth-order valence-electron chi connectivity index (χ4n) is 2.33. The van der Waals surface area contributed by atoms with Crippen LogP contribution in [0.15, 0.2) is 30.3 Å². The Kier molecular flexibility index (Phi) is 6.99. The predicted molar refractivity (Wildman–Crippen MR) is 103 cm³/mol. The van der Waals surface area contributed by atoms with Crippen molar-refractivity contribution in [3.05, 3.63) is 43.8 Å². The second kappa shape index (κ2) is 8.51. The van der Waals surface area contributed by atoms with Crippen molar-refractivity contribution in [2.45, 2.75) is 39.2 Å². The largest absolute Gasteiger partial charge is 0.309 e. The number of benzene rings is 1. The third-order valence-corrected chi connectivity index (χ3v) is 5.74. The fraction of sp³-hybridized carbons (Fsp3) is 0.412. The maximum atomic E-state index is 6.05. The van der Waals surface area contributed by atoms with E-state index in [-0.39, 0.29) is 0 Å². The van der Waals surface area contributed by atoms with Crippen LogP contribution in [0.25, 0.3) is 10.4 Å². The molecule has 1 N–H and O–H groups in total. The van der Waals surface area contributed by atoms with Gasteiger partial charge < -0.3 is 5.32 Å². The molecule has 1 aromatic carbocycles. The van der Waals surface area contributed by atoms with E-state index in [0.29, 0.717) is 6.04 Å². The molecule has 0 saturated carbocycles. The van der Waals surface area contributed by atoms with E-state index in [0.717, 1.165) is 11.6 Å². The standard InChI is InChI=1S/C17H21ClINS/c1-3-5-15(20-10-4-2)17-9-8-16(21-17)13-7-6-12(18)11-14(13)19/h6-9,11,15,20H,3-5,10H2,1-2H3. The molecule has 2 aromatic rings. The highest BCUT2D eigenvalue weighted by atomic mass is 127. The van der Waals surface area contributed by atoms with E-state index in [4.69, 9.17) is 11.6 Å². The molecule has 21 heavy (non-hydrogen) atoms. The maximum Gasteiger partial charge on any atom is 0.0416 e. The van der Waals surface area contributed by atoms with Crippen molar-refractivity contribution < 1.29 is 0 Å². The lowest BCUT2D eigenvalue weighted by atomic mass is 10.1. The maximum absolute atomic E-state index is 6.05. The van der Waals surface area contributed by atoms with Crippen LogP contribution in [0.1, 0.15) is 44.0 Å². The lowest BCUT2D eigenvalue weighted by Crippen LogP contribution is -2.21. The Morgan fingerprint density at radius 1 is 1.19 bits per heavy atom. The molecule has 1 atom stereocenters. The van der Waals surface area contributed by atoms with E-state index >= 15 is 0 Å². The van der Waals surface area contributed by atoms with Gasteiger partial charge in [0, 0.05) is 30.0 Å². The molecule has 1 heterocycles. The molecule has 0 radical (unpaired) electrons. The summed E-state index contributed by atoms with van der Waals surface area (Å²) in [6.45, 7) is 5.54. The molecule has 114 valence electrons. The van der Waals surface area contributed by atoms with Crippen LogP contribution in [-0.2, 0) is 0 Å². The highest BCUT2D eigenvalue weighted by Gasteiger charge is 2.14. The minimum atomic E-state index is 0.485. The summed E-state index contributed by atoms with van der Waals surface area (Å²) in [4.78, 5) is 2.76. The van der Waals surface area contributed by atoms with Gasteiger partial charge in [-0.25, -0.2) is 0 Å². The first kappa shape index (κ1) is 17.3. The molecule has 1 unspecified atom stereocenters. The van der Waals surface area contributed by atoms with E-state index in [1.807, 2.05) is 23.5 Å². The molecule has 1 nitrogen and oxygen atoms in total. The van der Waals surface area contributed by atoms with Crippen LogP contribution >= 0.6 is 45.5 Å². The summed E-state index contributed by atoms with van der Waals surface area (Å²) in [6.07, 6.45) is 3.57. The fourth-order valence-corrected chi connectivity index (χ4v) is 4.83. The first-order valence-corrected chi connectivity index (χ1v) is 9.71. The van der Waals surface area contributed by atoms with Crippen LogP contribution in [0.2, 0.25) is 5.02 Å². The molecule has 0 aliphatic rings. The third kappa shape index (κ3) is 4.68. The molecule has 0 bridgehead atoms. The Bertz CT molecular complexity index is 582. The van der Waals surface area contributed by atoms with Gasteiger partial charge in [-0.05, 0) is 66.2 Å². The SMILES string of the molecule is CCCNC(CCC)c1ccc(-c2ccc(Cl)cc2I)s1.